The van der Waals surface area contributed by atoms with Crippen molar-refractivity contribution < 1.29 is 9.53 Å². The molecule has 0 bridgehead atoms. The van der Waals surface area contributed by atoms with Crippen LogP contribution in [0.1, 0.15) is 40.0 Å². The zero-order chi connectivity index (χ0) is 23.5. The van der Waals surface area contributed by atoms with Gasteiger partial charge in [0.25, 0.3) is 5.91 Å². The first-order chi connectivity index (χ1) is 16.6. The maximum absolute atomic E-state index is 13.3. The SMILES string of the molecule is CN(C(=O)c1ccn(C)n1)C(Cc1ccccc1)C1CCN(Cc2ccc3c(c2)CCO3)CC1. The van der Waals surface area contributed by atoms with Crippen LogP contribution in [0.3, 0.4) is 0 Å². The number of hydrogen-bond donors (Lipinski definition) is 0. The Bertz CT molecular complexity index is 1120. The van der Waals surface area contributed by atoms with Gasteiger partial charge in [-0.15, -0.1) is 0 Å². The van der Waals surface area contributed by atoms with Gasteiger partial charge in [-0.3, -0.25) is 14.4 Å². The minimum absolute atomic E-state index is 0.00400. The molecule has 0 radical (unpaired) electrons. The number of piperidine rings is 1. The number of hydrogen-bond acceptors (Lipinski definition) is 4. The third kappa shape index (κ3) is 5.02. The molecule has 2 aliphatic rings. The number of aromatic nitrogens is 2. The fourth-order valence-corrected chi connectivity index (χ4v) is 5.43. The summed E-state index contributed by atoms with van der Waals surface area (Å²) in [5, 5.41) is 4.36. The summed E-state index contributed by atoms with van der Waals surface area (Å²) >= 11 is 0. The Morgan fingerprint density at radius 1 is 1.12 bits per heavy atom. The van der Waals surface area contributed by atoms with E-state index in [2.05, 4.69) is 52.5 Å². The Labute approximate surface area is 202 Å². The Kier molecular flexibility index (Phi) is 6.68. The van der Waals surface area contributed by atoms with Gasteiger partial charge in [0.2, 0.25) is 0 Å². The van der Waals surface area contributed by atoms with Crippen molar-refractivity contribution in [2.75, 3.05) is 26.7 Å². The van der Waals surface area contributed by atoms with E-state index >= 15 is 0 Å². The molecule has 6 nitrogen and oxygen atoms in total. The largest absolute Gasteiger partial charge is 0.493 e. The molecule has 0 saturated carbocycles. The number of benzene rings is 2. The van der Waals surface area contributed by atoms with Gasteiger partial charge in [-0.25, -0.2) is 0 Å². The summed E-state index contributed by atoms with van der Waals surface area (Å²) in [6.45, 7) is 3.88. The predicted octanol–water partition coefficient (Wildman–Crippen LogP) is 3.95. The van der Waals surface area contributed by atoms with Crippen LogP contribution >= 0.6 is 0 Å². The molecule has 2 aromatic carbocycles. The fraction of sp³-hybridized carbons (Fsp3) is 0.429. The molecule has 0 N–H and O–H groups in total. The van der Waals surface area contributed by atoms with Gasteiger partial charge in [0.1, 0.15) is 11.4 Å². The number of ether oxygens (including phenoxy) is 1. The van der Waals surface area contributed by atoms with E-state index in [9.17, 15) is 4.79 Å². The highest BCUT2D eigenvalue weighted by molar-refractivity contribution is 5.92. The number of carbonyl (C=O) groups excluding carboxylic acids is 1. The van der Waals surface area contributed by atoms with Crippen LogP contribution in [0.2, 0.25) is 0 Å². The zero-order valence-electron chi connectivity index (χ0n) is 20.2. The van der Waals surface area contributed by atoms with E-state index < -0.39 is 0 Å². The third-order valence-electron chi connectivity index (χ3n) is 7.37. The number of likely N-dealkylation sites (N-methyl/N-ethyl adjacent to an activating group) is 1. The van der Waals surface area contributed by atoms with Gasteiger partial charge in [-0.05, 0) is 67.1 Å². The highest BCUT2D eigenvalue weighted by Gasteiger charge is 2.32. The summed E-state index contributed by atoms with van der Waals surface area (Å²) in [4.78, 5) is 17.8. The maximum Gasteiger partial charge on any atom is 0.274 e. The molecule has 1 aromatic heterocycles. The molecule has 3 heterocycles. The summed E-state index contributed by atoms with van der Waals surface area (Å²) in [5.74, 6) is 1.51. The van der Waals surface area contributed by atoms with E-state index in [1.54, 1.807) is 4.68 Å². The van der Waals surface area contributed by atoms with Crippen molar-refractivity contribution in [2.45, 2.75) is 38.3 Å². The molecule has 2 aliphatic heterocycles. The Hall–Kier alpha value is -3.12. The molecule has 3 aromatic rings. The fourth-order valence-electron chi connectivity index (χ4n) is 5.43. The van der Waals surface area contributed by atoms with Crippen molar-refractivity contribution in [1.82, 2.24) is 19.6 Å². The number of amides is 1. The second-order valence-corrected chi connectivity index (χ2v) is 9.70. The minimum Gasteiger partial charge on any atom is -0.493 e. The van der Waals surface area contributed by atoms with Crippen LogP contribution in [-0.4, -0.2) is 58.3 Å². The molecule has 5 rings (SSSR count). The van der Waals surface area contributed by atoms with Crippen molar-refractivity contribution in [1.29, 1.82) is 0 Å². The molecule has 0 spiro atoms. The van der Waals surface area contributed by atoms with E-state index in [0.717, 1.165) is 57.7 Å². The number of aryl methyl sites for hydroxylation is 1. The number of rotatable bonds is 7. The average molecular weight is 459 g/mol. The first-order valence-corrected chi connectivity index (χ1v) is 12.3. The number of carbonyl (C=O) groups is 1. The van der Waals surface area contributed by atoms with Crippen molar-refractivity contribution in [3.8, 4) is 5.75 Å². The lowest BCUT2D eigenvalue weighted by atomic mass is 9.84. The Balaban J connectivity index is 1.26. The summed E-state index contributed by atoms with van der Waals surface area (Å²) in [6, 6.07) is 19.1. The van der Waals surface area contributed by atoms with E-state index in [1.165, 1.54) is 16.7 Å². The second kappa shape index (κ2) is 10.0. The van der Waals surface area contributed by atoms with Crippen molar-refractivity contribution in [2.24, 2.45) is 13.0 Å². The van der Waals surface area contributed by atoms with Crippen molar-refractivity contribution in [3.63, 3.8) is 0 Å². The second-order valence-electron chi connectivity index (χ2n) is 9.70. The van der Waals surface area contributed by atoms with Crippen LogP contribution in [0.5, 0.6) is 5.75 Å². The first kappa shape index (κ1) is 22.7. The van der Waals surface area contributed by atoms with Gasteiger partial charge in [-0.2, -0.15) is 5.10 Å². The highest BCUT2D eigenvalue weighted by Crippen LogP contribution is 2.30. The summed E-state index contributed by atoms with van der Waals surface area (Å²) in [7, 11) is 3.80. The quantitative estimate of drug-likeness (QED) is 0.538. The molecule has 0 aliphatic carbocycles. The number of fused-ring (bicyclic) bond motifs is 1. The summed E-state index contributed by atoms with van der Waals surface area (Å²) in [5.41, 5.74) is 4.49. The molecular formula is C28H34N4O2. The van der Waals surface area contributed by atoms with E-state index in [1.807, 2.05) is 37.3 Å². The minimum atomic E-state index is 0.00400. The maximum atomic E-state index is 13.3. The molecular weight excluding hydrogens is 424 g/mol. The number of likely N-dealkylation sites (tertiary alicyclic amines) is 1. The van der Waals surface area contributed by atoms with Crippen molar-refractivity contribution in [3.05, 3.63) is 83.2 Å². The van der Waals surface area contributed by atoms with Gasteiger partial charge < -0.3 is 9.64 Å². The highest BCUT2D eigenvalue weighted by atomic mass is 16.5. The topological polar surface area (TPSA) is 50.6 Å². The van der Waals surface area contributed by atoms with Crippen LogP contribution in [0.15, 0.2) is 60.8 Å². The molecule has 1 amide bonds. The smallest absolute Gasteiger partial charge is 0.274 e. The van der Waals surface area contributed by atoms with Gasteiger partial charge in [0, 0.05) is 39.3 Å². The molecule has 34 heavy (non-hydrogen) atoms. The summed E-state index contributed by atoms with van der Waals surface area (Å²) in [6.07, 6.45) is 5.89. The Morgan fingerprint density at radius 3 is 2.65 bits per heavy atom. The predicted molar refractivity (Wildman–Crippen MR) is 133 cm³/mol. The average Bonchev–Trinajstić information content (AvgIpc) is 3.51. The molecule has 178 valence electrons. The first-order valence-electron chi connectivity index (χ1n) is 12.3. The number of nitrogens with zero attached hydrogens (tertiary/aromatic N) is 4. The summed E-state index contributed by atoms with van der Waals surface area (Å²) < 4.78 is 7.35. The zero-order valence-corrected chi connectivity index (χ0v) is 20.2. The van der Waals surface area contributed by atoms with E-state index in [0.29, 0.717) is 11.6 Å². The van der Waals surface area contributed by atoms with Crippen LogP contribution in [0.25, 0.3) is 0 Å². The Morgan fingerprint density at radius 2 is 1.91 bits per heavy atom. The lowest BCUT2D eigenvalue weighted by Gasteiger charge is -2.40. The van der Waals surface area contributed by atoms with Crippen LogP contribution < -0.4 is 4.74 Å². The monoisotopic (exact) mass is 458 g/mol. The standard InChI is InChI=1S/C28H34N4O2/c1-30-14-12-25(29-30)28(33)31(2)26(19-21-6-4-3-5-7-21)23-10-15-32(16-11-23)20-22-8-9-27-24(18-22)13-17-34-27/h3-9,12,14,18,23,26H,10-11,13,15-17,19-20H2,1-2H3. The van der Waals surface area contributed by atoms with E-state index in [-0.39, 0.29) is 11.9 Å². The molecule has 1 atom stereocenters. The third-order valence-corrected chi connectivity index (χ3v) is 7.37. The molecule has 6 heteroatoms. The van der Waals surface area contributed by atoms with Crippen LogP contribution in [0.4, 0.5) is 0 Å². The van der Waals surface area contributed by atoms with E-state index in [4.69, 9.17) is 4.74 Å². The van der Waals surface area contributed by atoms with Gasteiger partial charge >= 0.3 is 0 Å². The molecule has 1 saturated heterocycles. The van der Waals surface area contributed by atoms with Crippen LogP contribution in [-0.2, 0) is 26.4 Å². The van der Waals surface area contributed by atoms with Gasteiger partial charge in [-0.1, -0.05) is 42.5 Å². The van der Waals surface area contributed by atoms with Crippen molar-refractivity contribution >= 4 is 5.91 Å². The van der Waals surface area contributed by atoms with Gasteiger partial charge in [0.15, 0.2) is 0 Å². The molecule has 1 unspecified atom stereocenters. The van der Waals surface area contributed by atoms with Crippen LogP contribution in [0, 0.1) is 5.92 Å². The normalized spacial score (nSPS) is 17.2. The lowest BCUT2D eigenvalue weighted by Crippen LogP contribution is -2.47. The molecule has 1 fully saturated rings. The van der Waals surface area contributed by atoms with Gasteiger partial charge in [0.05, 0.1) is 6.61 Å². The lowest BCUT2D eigenvalue weighted by molar-refractivity contribution is 0.0579.